The van der Waals surface area contributed by atoms with Crippen LogP contribution < -0.4 is 0 Å². The molecule has 50 valence electrons. The molecule has 0 amide bonds. The summed E-state index contributed by atoms with van der Waals surface area (Å²) in [5.74, 6) is 0. The van der Waals surface area contributed by atoms with Gasteiger partial charge in [-0.05, 0) is 0 Å². The predicted molar refractivity (Wildman–Crippen MR) is 43.1 cm³/mol. The van der Waals surface area contributed by atoms with Gasteiger partial charge in [0.2, 0.25) is 0 Å². The maximum atomic E-state index is 2.34. The van der Waals surface area contributed by atoms with Crippen molar-refractivity contribution in [2.45, 2.75) is 49.1 Å². The topological polar surface area (TPSA) is 0 Å². The van der Waals surface area contributed by atoms with E-state index in [-0.39, 0.29) is 0 Å². The zero-order valence-corrected chi connectivity index (χ0v) is 7.55. The molecule has 0 atom stereocenters. The average Bonchev–Trinajstić information content (AvgIpc) is 1.91. The van der Waals surface area contributed by atoms with Crippen LogP contribution >= 0.6 is 0 Å². The van der Waals surface area contributed by atoms with Crippen molar-refractivity contribution >= 4 is 15.2 Å². The SMILES string of the molecule is C[CH2][Al+][CH]1CCCCC1. The molecule has 0 saturated heterocycles. The summed E-state index contributed by atoms with van der Waals surface area (Å²) in [6.45, 7) is 2.34. The Bertz CT molecular complexity index is 62.2. The van der Waals surface area contributed by atoms with Gasteiger partial charge in [-0.15, -0.1) is 0 Å². The molecule has 0 spiro atoms. The predicted octanol–water partition coefficient (Wildman–Crippen LogP) is 2.88. The third kappa shape index (κ3) is 2.74. The molecular weight excluding hydrogens is 123 g/mol. The summed E-state index contributed by atoms with van der Waals surface area (Å²) >= 11 is 0.820. The summed E-state index contributed by atoms with van der Waals surface area (Å²) < 4.78 is 1.18. The van der Waals surface area contributed by atoms with E-state index in [1.165, 1.54) is 29.3 Å². The molecular formula is C8H16Al+. The van der Waals surface area contributed by atoms with E-state index in [0.717, 1.165) is 15.2 Å². The summed E-state index contributed by atoms with van der Waals surface area (Å²) in [5, 5.41) is 1.48. The van der Waals surface area contributed by atoms with Crippen molar-refractivity contribution in [3.05, 3.63) is 0 Å². The van der Waals surface area contributed by atoms with Crippen LogP contribution in [0.4, 0.5) is 0 Å². The van der Waals surface area contributed by atoms with Crippen LogP contribution in [0.25, 0.3) is 0 Å². The van der Waals surface area contributed by atoms with Gasteiger partial charge in [0.25, 0.3) is 0 Å². The molecule has 1 saturated carbocycles. The first kappa shape index (κ1) is 7.64. The Morgan fingerprint density at radius 3 is 2.44 bits per heavy atom. The van der Waals surface area contributed by atoms with Crippen LogP contribution in [0, 0.1) is 0 Å². The van der Waals surface area contributed by atoms with Crippen molar-refractivity contribution < 1.29 is 0 Å². The Hall–Kier alpha value is 0.532. The van der Waals surface area contributed by atoms with Gasteiger partial charge < -0.3 is 0 Å². The van der Waals surface area contributed by atoms with Crippen molar-refractivity contribution in [3.8, 4) is 0 Å². The fourth-order valence-corrected chi connectivity index (χ4v) is 3.31. The monoisotopic (exact) mass is 139 g/mol. The van der Waals surface area contributed by atoms with Crippen molar-refractivity contribution in [1.82, 2.24) is 0 Å². The van der Waals surface area contributed by atoms with Crippen molar-refractivity contribution in [1.29, 1.82) is 0 Å². The van der Waals surface area contributed by atoms with E-state index in [9.17, 15) is 0 Å². The Kier molecular flexibility index (Phi) is 3.70. The third-order valence-electron chi connectivity index (χ3n) is 2.22. The fourth-order valence-electron chi connectivity index (χ4n) is 1.70. The normalized spacial score (nSPS) is 21.4. The molecule has 0 bridgehead atoms. The van der Waals surface area contributed by atoms with Crippen LogP contribution in [0.15, 0.2) is 0 Å². The van der Waals surface area contributed by atoms with Gasteiger partial charge in [-0.3, -0.25) is 0 Å². The van der Waals surface area contributed by atoms with Gasteiger partial charge in [0.1, 0.15) is 0 Å². The first-order valence-corrected chi connectivity index (χ1v) is 5.75. The van der Waals surface area contributed by atoms with Gasteiger partial charge in [0, 0.05) is 0 Å². The first-order chi connectivity index (χ1) is 4.43. The molecule has 1 fully saturated rings. The molecule has 1 aliphatic carbocycles. The van der Waals surface area contributed by atoms with Crippen molar-refractivity contribution in [2.24, 2.45) is 0 Å². The minimum absolute atomic E-state index is 0.820. The van der Waals surface area contributed by atoms with Gasteiger partial charge in [-0.25, -0.2) is 0 Å². The minimum atomic E-state index is 0.820. The molecule has 0 N–H and O–H groups in total. The van der Waals surface area contributed by atoms with Crippen LogP contribution in [0.2, 0.25) is 10.1 Å². The zero-order valence-electron chi connectivity index (χ0n) is 6.40. The summed E-state index contributed by atoms with van der Waals surface area (Å²) in [5.41, 5.74) is 0. The molecule has 0 nitrogen and oxygen atoms in total. The van der Waals surface area contributed by atoms with E-state index in [1.807, 2.05) is 0 Å². The summed E-state index contributed by atoms with van der Waals surface area (Å²) in [7, 11) is 0. The van der Waals surface area contributed by atoms with E-state index >= 15 is 0 Å². The van der Waals surface area contributed by atoms with Crippen LogP contribution in [-0.2, 0) is 0 Å². The van der Waals surface area contributed by atoms with Crippen LogP contribution in [-0.4, -0.2) is 15.2 Å². The summed E-state index contributed by atoms with van der Waals surface area (Å²) in [6.07, 6.45) is 7.68. The second-order valence-corrected chi connectivity index (χ2v) is 5.27. The van der Waals surface area contributed by atoms with Crippen molar-refractivity contribution in [3.63, 3.8) is 0 Å². The molecule has 0 unspecified atom stereocenters. The number of rotatable bonds is 2. The van der Waals surface area contributed by atoms with Gasteiger partial charge in [0.05, 0.1) is 0 Å². The van der Waals surface area contributed by atoms with Gasteiger partial charge >= 0.3 is 64.3 Å². The Balaban J connectivity index is 2.08. The van der Waals surface area contributed by atoms with E-state index in [2.05, 4.69) is 6.92 Å². The van der Waals surface area contributed by atoms with E-state index in [4.69, 9.17) is 0 Å². The van der Waals surface area contributed by atoms with E-state index < -0.39 is 0 Å². The summed E-state index contributed by atoms with van der Waals surface area (Å²) in [4.78, 5) is 0. The zero-order chi connectivity index (χ0) is 6.53. The molecule has 0 aliphatic heterocycles. The second kappa shape index (κ2) is 4.36. The van der Waals surface area contributed by atoms with Gasteiger partial charge in [-0.1, -0.05) is 0 Å². The number of hydrogen-bond donors (Lipinski definition) is 0. The fraction of sp³-hybridized carbons (Fsp3) is 1.00. The molecule has 9 heavy (non-hydrogen) atoms. The standard InChI is InChI=1S/C6H11.C2H5.Al/c1-2-4-6-5-3-1;1-2;/h1H,2-6H2;1H2,2H3;/q;;+1. The molecule has 1 heteroatoms. The molecule has 0 heterocycles. The molecule has 1 aliphatic rings. The Morgan fingerprint density at radius 1 is 1.22 bits per heavy atom. The first-order valence-electron chi connectivity index (χ1n) is 4.27. The van der Waals surface area contributed by atoms with Crippen LogP contribution in [0.3, 0.4) is 0 Å². The molecule has 0 radical (unpaired) electrons. The van der Waals surface area contributed by atoms with Crippen LogP contribution in [0.5, 0.6) is 0 Å². The Labute approximate surface area is 64.7 Å². The number of hydrogen-bond acceptors (Lipinski definition) is 0. The Morgan fingerprint density at radius 2 is 1.89 bits per heavy atom. The van der Waals surface area contributed by atoms with Gasteiger partial charge in [-0.2, -0.15) is 0 Å². The van der Waals surface area contributed by atoms with Crippen molar-refractivity contribution in [2.75, 3.05) is 0 Å². The quantitative estimate of drug-likeness (QED) is 0.516. The summed E-state index contributed by atoms with van der Waals surface area (Å²) in [6, 6.07) is 0. The maximum absolute atomic E-state index is 2.34. The molecule has 0 aromatic carbocycles. The van der Waals surface area contributed by atoms with Crippen LogP contribution in [0.1, 0.15) is 39.0 Å². The molecule has 0 aromatic heterocycles. The average molecular weight is 139 g/mol. The molecule has 1 rings (SSSR count). The molecule has 0 aromatic rings. The van der Waals surface area contributed by atoms with E-state index in [0.29, 0.717) is 0 Å². The third-order valence-corrected chi connectivity index (χ3v) is 4.02. The van der Waals surface area contributed by atoms with E-state index in [1.54, 1.807) is 12.8 Å². The second-order valence-electron chi connectivity index (χ2n) is 3.04. The van der Waals surface area contributed by atoms with Gasteiger partial charge in [0.15, 0.2) is 0 Å².